The number of thiazole rings is 1. The fraction of sp³-hybridized carbons (Fsp3) is 0.391. The summed E-state index contributed by atoms with van der Waals surface area (Å²) in [6, 6.07) is 2.29. The molecule has 37 heavy (non-hydrogen) atoms. The smallest absolute Gasteiger partial charge is 0.338 e. The van der Waals surface area contributed by atoms with Crippen LogP contribution < -0.4 is 10.0 Å². The summed E-state index contributed by atoms with van der Waals surface area (Å²) in [5, 5.41) is 5.61. The number of benzene rings is 1. The van der Waals surface area contributed by atoms with Gasteiger partial charge in [-0.3, -0.25) is 19.4 Å². The van der Waals surface area contributed by atoms with E-state index in [0.29, 0.717) is 28.5 Å². The van der Waals surface area contributed by atoms with Gasteiger partial charge in [0, 0.05) is 40.4 Å². The lowest BCUT2D eigenvalue weighted by atomic mass is 9.95. The van der Waals surface area contributed by atoms with Gasteiger partial charge in [-0.15, -0.1) is 11.3 Å². The van der Waals surface area contributed by atoms with Crippen molar-refractivity contribution in [2.24, 2.45) is 10.9 Å². The highest BCUT2D eigenvalue weighted by atomic mass is 35.5. The molecule has 1 amide bonds. The Morgan fingerprint density at radius 1 is 1.35 bits per heavy atom. The van der Waals surface area contributed by atoms with E-state index in [4.69, 9.17) is 21.3 Å². The fourth-order valence-corrected chi connectivity index (χ4v) is 6.29. The van der Waals surface area contributed by atoms with Crippen molar-refractivity contribution in [1.29, 1.82) is 0 Å². The molecule has 4 atom stereocenters. The van der Waals surface area contributed by atoms with E-state index in [0.717, 1.165) is 18.7 Å². The highest BCUT2D eigenvalue weighted by Crippen LogP contribution is 2.48. The number of carbonyl (C=O) groups excluding carboxylic acids is 2. The number of esters is 1. The number of hydrogen-bond donors (Lipinski definition) is 2. The lowest BCUT2D eigenvalue weighted by Gasteiger charge is -2.32. The largest absolute Gasteiger partial charge is 0.466 e. The number of likely N-dealkylation sites (tertiary alicyclic amines) is 1. The van der Waals surface area contributed by atoms with Crippen LogP contribution in [0.15, 0.2) is 46.0 Å². The lowest BCUT2D eigenvalue weighted by Crippen LogP contribution is -2.49. The topological polar surface area (TPSA) is 130 Å². The minimum atomic E-state index is -3.74. The third-order valence-corrected chi connectivity index (χ3v) is 8.27. The van der Waals surface area contributed by atoms with Gasteiger partial charge in [-0.1, -0.05) is 17.7 Å². The average Bonchev–Trinajstić information content (AvgIpc) is 3.22. The fourth-order valence-electron chi connectivity index (χ4n) is 4.93. The van der Waals surface area contributed by atoms with Gasteiger partial charge >= 0.3 is 5.97 Å². The highest BCUT2D eigenvalue weighted by Gasteiger charge is 2.54. The molecule has 5 rings (SSSR count). The van der Waals surface area contributed by atoms with E-state index < -0.39 is 39.8 Å². The van der Waals surface area contributed by atoms with E-state index >= 15 is 0 Å². The molecule has 196 valence electrons. The number of methoxy groups -OCH3 is 1. The molecule has 1 aliphatic carbocycles. The van der Waals surface area contributed by atoms with Crippen LogP contribution in [0.25, 0.3) is 0 Å². The number of fused-ring (bicyclic) bond motifs is 1. The quantitative estimate of drug-likeness (QED) is 0.486. The van der Waals surface area contributed by atoms with Crippen molar-refractivity contribution in [3.8, 4) is 0 Å². The van der Waals surface area contributed by atoms with Gasteiger partial charge in [0.2, 0.25) is 10.0 Å². The van der Waals surface area contributed by atoms with Gasteiger partial charge in [0.25, 0.3) is 5.91 Å². The molecule has 0 unspecified atom stereocenters. The molecule has 2 aliphatic heterocycles. The Morgan fingerprint density at radius 3 is 2.78 bits per heavy atom. The summed E-state index contributed by atoms with van der Waals surface area (Å²) >= 11 is 7.72. The maximum absolute atomic E-state index is 13.8. The molecule has 3 heterocycles. The molecule has 14 heteroatoms. The predicted molar refractivity (Wildman–Crippen MR) is 135 cm³/mol. The van der Waals surface area contributed by atoms with E-state index in [-0.39, 0.29) is 29.1 Å². The first-order valence-electron chi connectivity index (χ1n) is 11.3. The third kappa shape index (κ3) is 5.26. The molecule has 0 spiro atoms. The Morgan fingerprint density at radius 2 is 2.14 bits per heavy atom. The van der Waals surface area contributed by atoms with Crippen molar-refractivity contribution in [3.63, 3.8) is 0 Å². The van der Waals surface area contributed by atoms with E-state index in [2.05, 4.69) is 15.0 Å². The molecule has 0 radical (unpaired) electrons. The Kier molecular flexibility index (Phi) is 6.81. The number of rotatable bonds is 7. The Hall–Kier alpha value is -2.87. The molecule has 1 saturated carbocycles. The summed E-state index contributed by atoms with van der Waals surface area (Å²) < 4.78 is 44.4. The molecule has 2 aromatic rings. The van der Waals surface area contributed by atoms with Gasteiger partial charge < -0.3 is 10.1 Å². The third-order valence-electron chi connectivity index (χ3n) is 6.59. The minimum absolute atomic E-state index is 0.0681. The van der Waals surface area contributed by atoms with Gasteiger partial charge in [0.1, 0.15) is 11.9 Å². The molecule has 0 bridgehead atoms. The number of aromatic nitrogens is 1. The number of ether oxygens (including phenoxy) is 1. The molecule has 1 saturated heterocycles. The van der Waals surface area contributed by atoms with Crippen LogP contribution in [0, 0.1) is 11.7 Å². The van der Waals surface area contributed by atoms with E-state index in [1.54, 1.807) is 11.6 Å². The number of carbonyl (C=O) groups is 2. The minimum Gasteiger partial charge on any atom is -0.466 e. The summed E-state index contributed by atoms with van der Waals surface area (Å²) in [4.78, 5) is 36.8. The Balaban J connectivity index is 1.58. The highest BCUT2D eigenvalue weighted by molar-refractivity contribution is 7.89. The van der Waals surface area contributed by atoms with E-state index in [1.807, 2.05) is 4.90 Å². The zero-order chi connectivity index (χ0) is 26.5. The number of amides is 1. The number of nitrogens with one attached hydrogen (secondary N) is 2. The van der Waals surface area contributed by atoms with E-state index in [1.165, 1.54) is 30.6 Å². The SMILES string of the molecule is COC(=O)C1=C(CN2[C@@H]3C[C@@H]3C[C@H]2C(=O)NS(C)(=O)=O)NC(c2nccs2)=N[C@H]1c1ccc(F)cc1Cl. The first kappa shape index (κ1) is 25.8. The second-order valence-corrected chi connectivity index (χ2v) is 12.2. The zero-order valence-electron chi connectivity index (χ0n) is 19.8. The average molecular weight is 568 g/mol. The van der Waals surface area contributed by atoms with Crippen LogP contribution in [-0.4, -0.2) is 68.0 Å². The van der Waals surface area contributed by atoms with Gasteiger partial charge in [-0.2, -0.15) is 0 Å². The molecular formula is C23H23ClFN5O5S2. The maximum atomic E-state index is 13.8. The Bertz CT molecular complexity index is 1430. The first-order chi connectivity index (χ1) is 17.6. The molecule has 3 aliphatic rings. The molecule has 2 fully saturated rings. The summed E-state index contributed by atoms with van der Waals surface area (Å²) in [6.07, 6.45) is 3.92. The first-order valence-corrected chi connectivity index (χ1v) is 14.5. The van der Waals surface area contributed by atoms with Crippen LogP contribution in [0.5, 0.6) is 0 Å². The number of amidine groups is 1. The van der Waals surface area contributed by atoms with Crippen LogP contribution in [-0.2, 0) is 24.3 Å². The van der Waals surface area contributed by atoms with Gasteiger partial charge in [0.15, 0.2) is 10.8 Å². The second kappa shape index (κ2) is 9.78. The molecule has 1 aromatic carbocycles. The van der Waals surface area contributed by atoms with Crippen LogP contribution in [0.3, 0.4) is 0 Å². The van der Waals surface area contributed by atoms with Crippen molar-refractivity contribution < 1.29 is 27.1 Å². The number of aliphatic imine (C=N–C) groups is 1. The number of nitrogens with zero attached hydrogens (tertiary/aromatic N) is 3. The maximum Gasteiger partial charge on any atom is 0.338 e. The number of piperidine rings is 1. The number of halogens is 2. The summed E-state index contributed by atoms with van der Waals surface area (Å²) in [5.74, 6) is -1.18. The van der Waals surface area contributed by atoms with Crippen molar-refractivity contribution in [2.45, 2.75) is 31.0 Å². The van der Waals surface area contributed by atoms with Crippen LogP contribution >= 0.6 is 22.9 Å². The van der Waals surface area contributed by atoms with Crippen LogP contribution in [0.2, 0.25) is 5.02 Å². The summed E-state index contributed by atoms with van der Waals surface area (Å²) in [6.45, 7) is 0.118. The number of sulfonamides is 1. The lowest BCUT2D eigenvalue weighted by molar-refractivity contribution is -0.136. The zero-order valence-corrected chi connectivity index (χ0v) is 22.2. The normalized spacial score (nSPS) is 25.2. The molecule has 1 aromatic heterocycles. The van der Waals surface area contributed by atoms with Crippen molar-refractivity contribution in [3.05, 3.63) is 62.5 Å². The molecular weight excluding hydrogens is 545 g/mol. The second-order valence-electron chi connectivity index (χ2n) is 9.12. The van der Waals surface area contributed by atoms with Gasteiger partial charge in [-0.05, 0) is 30.9 Å². The van der Waals surface area contributed by atoms with Gasteiger partial charge in [0.05, 0.1) is 25.0 Å². The van der Waals surface area contributed by atoms with Crippen molar-refractivity contribution in [2.75, 3.05) is 19.9 Å². The summed E-state index contributed by atoms with van der Waals surface area (Å²) in [7, 11) is -2.50. The summed E-state index contributed by atoms with van der Waals surface area (Å²) in [5.41, 5.74) is 0.971. The standard InChI is InChI=1S/C23H23ClFN5O5S2/c1-35-23(32)18-15(10-30-16-7-11(16)8-17(30)21(31)29-37(2,33)34)27-20(22-26-5-6-36-22)28-19(18)13-4-3-12(25)9-14(13)24/h3-6,9,11,16-17,19H,7-8,10H2,1-2H3,(H,27,28)(H,29,31)/t11-,16-,17+,19+/m1/s1. The number of hydrogen-bond acceptors (Lipinski definition) is 10. The predicted octanol–water partition coefficient (Wildman–Crippen LogP) is 1.99. The van der Waals surface area contributed by atoms with Crippen molar-refractivity contribution in [1.82, 2.24) is 19.9 Å². The molecule has 2 N–H and O–H groups in total. The molecule has 10 nitrogen and oxygen atoms in total. The monoisotopic (exact) mass is 567 g/mol. The van der Waals surface area contributed by atoms with Crippen LogP contribution in [0.4, 0.5) is 4.39 Å². The van der Waals surface area contributed by atoms with Crippen LogP contribution in [0.1, 0.15) is 29.5 Å². The van der Waals surface area contributed by atoms with Gasteiger partial charge in [-0.25, -0.2) is 22.6 Å². The van der Waals surface area contributed by atoms with E-state index in [9.17, 15) is 22.4 Å². The van der Waals surface area contributed by atoms with Crippen molar-refractivity contribution >= 4 is 50.7 Å². The Labute approximate surface area is 221 Å².